The third kappa shape index (κ3) is 5.09. The largest absolute Gasteiger partial charge is 0.507 e. The van der Waals surface area contributed by atoms with Gasteiger partial charge in [-0.05, 0) is 82.4 Å². The number of likely N-dealkylation sites (tertiary alicyclic amines) is 1. The van der Waals surface area contributed by atoms with Gasteiger partial charge in [0.2, 0.25) is 5.91 Å². The normalized spacial score (nSPS) is 14.7. The van der Waals surface area contributed by atoms with Gasteiger partial charge in [0, 0.05) is 29.6 Å². The first-order valence-corrected chi connectivity index (χ1v) is 13.2. The van der Waals surface area contributed by atoms with Crippen molar-refractivity contribution < 1.29 is 9.90 Å². The summed E-state index contributed by atoms with van der Waals surface area (Å²) in [6.07, 6.45) is 7.96. The summed E-state index contributed by atoms with van der Waals surface area (Å²) >= 11 is 5.16. The molecular formula is C27H25BrN4O2S. The molecule has 178 valence electrons. The molecule has 1 aliphatic heterocycles. The summed E-state index contributed by atoms with van der Waals surface area (Å²) in [7, 11) is 0. The van der Waals surface area contributed by atoms with E-state index in [0.717, 1.165) is 53.0 Å². The van der Waals surface area contributed by atoms with E-state index in [1.165, 1.54) is 0 Å². The van der Waals surface area contributed by atoms with Crippen LogP contribution in [0.25, 0.3) is 28.6 Å². The number of carbonyl (C=O) groups is 1. The van der Waals surface area contributed by atoms with Gasteiger partial charge in [0.15, 0.2) is 5.65 Å². The van der Waals surface area contributed by atoms with Crippen molar-refractivity contribution in [2.24, 2.45) is 5.92 Å². The third-order valence-electron chi connectivity index (χ3n) is 6.37. The smallest absolute Gasteiger partial charge is 0.246 e. The molecule has 1 saturated heterocycles. The maximum atomic E-state index is 12.6. The average molecular weight is 549 g/mol. The minimum atomic E-state index is 0.0696. The van der Waals surface area contributed by atoms with Gasteiger partial charge in [0.05, 0.1) is 22.1 Å². The van der Waals surface area contributed by atoms with E-state index in [2.05, 4.69) is 27.6 Å². The molecular weight excluding hydrogens is 524 g/mol. The Morgan fingerprint density at radius 3 is 2.77 bits per heavy atom. The van der Waals surface area contributed by atoms with Gasteiger partial charge in [-0.1, -0.05) is 24.8 Å². The Morgan fingerprint density at radius 2 is 2.03 bits per heavy atom. The number of para-hydroxylation sites is 1. The van der Waals surface area contributed by atoms with Gasteiger partial charge in [0.25, 0.3) is 0 Å². The molecule has 1 N–H and O–H groups in total. The van der Waals surface area contributed by atoms with Crippen molar-refractivity contribution in [3.05, 3.63) is 81.7 Å². The summed E-state index contributed by atoms with van der Waals surface area (Å²) < 4.78 is 2.58. The minimum Gasteiger partial charge on any atom is -0.507 e. The topological polar surface area (TPSA) is 70.7 Å². The molecule has 0 unspecified atom stereocenters. The summed E-state index contributed by atoms with van der Waals surface area (Å²) in [5, 5.41) is 16.9. The summed E-state index contributed by atoms with van der Waals surface area (Å²) in [5.41, 5.74) is 3.86. The molecule has 35 heavy (non-hydrogen) atoms. The molecule has 0 bridgehead atoms. The molecule has 1 amide bonds. The van der Waals surface area contributed by atoms with Crippen LogP contribution in [0.2, 0.25) is 0 Å². The number of allylic oxidation sites excluding steroid dienone is 1. The zero-order chi connectivity index (χ0) is 24.4. The van der Waals surface area contributed by atoms with E-state index in [1.54, 1.807) is 40.3 Å². The number of hydrogen-bond acceptors (Lipinski definition) is 5. The molecule has 0 saturated carbocycles. The van der Waals surface area contributed by atoms with Gasteiger partial charge in [-0.2, -0.15) is 5.10 Å². The number of rotatable bonds is 6. The van der Waals surface area contributed by atoms with E-state index in [-0.39, 0.29) is 11.7 Å². The SMILES string of the molecule is C=C(CC1CCN(C(=O)/C=C/c2cccs2)CC1)c1cc(-c2ccccc2O)nc2c(Br)cnn12. The lowest BCUT2D eigenvalue weighted by atomic mass is 9.89. The quantitative estimate of drug-likeness (QED) is 0.288. The molecule has 0 aliphatic carbocycles. The van der Waals surface area contributed by atoms with Crippen LogP contribution in [0.1, 0.15) is 29.8 Å². The van der Waals surface area contributed by atoms with Crippen LogP contribution in [0, 0.1) is 5.92 Å². The number of aromatic hydroxyl groups is 1. The Labute approximate surface area is 216 Å². The molecule has 0 radical (unpaired) electrons. The predicted molar refractivity (Wildman–Crippen MR) is 144 cm³/mol. The maximum absolute atomic E-state index is 12.6. The van der Waals surface area contributed by atoms with E-state index in [4.69, 9.17) is 4.98 Å². The molecule has 1 fully saturated rings. The van der Waals surface area contributed by atoms with E-state index < -0.39 is 0 Å². The summed E-state index contributed by atoms with van der Waals surface area (Å²) in [6.45, 7) is 5.88. The number of nitrogens with zero attached hydrogens (tertiary/aromatic N) is 4. The fourth-order valence-corrected chi connectivity index (χ4v) is 5.44. The summed E-state index contributed by atoms with van der Waals surface area (Å²) in [6, 6.07) is 13.1. The van der Waals surface area contributed by atoms with Crippen LogP contribution >= 0.6 is 27.3 Å². The number of aromatic nitrogens is 3. The molecule has 1 aromatic carbocycles. The van der Waals surface area contributed by atoms with Gasteiger partial charge >= 0.3 is 0 Å². The minimum absolute atomic E-state index is 0.0696. The number of benzene rings is 1. The lowest BCUT2D eigenvalue weighted by molar-refractivity contribution is -0.127. The Balaban J connectivity index is 1.30. The second kappa shape index (κ2) is 10.2. The number of phenols is 1. The number of carbonyl (C=O) groups excluding carboxylic acids is 1. The molecule has 4 aromatic rings. The van der Waals surface area contributed by atoms with Crippen LogP contribution in [0.3, 0.4) is 0 Å². The number of thiophene rings is 1. The van der Waals surface area contributed by atoms with Gasteiger partial charge in [-0.3, -0.25) is 4.79 Å². The van der Waals surface area contributed by atoms with E-state index >= 15 is 0 Å². The van der Waals surface area contributed by atoms with Crippen molar-refractivity contribution in [2.75, 3.05) is 13.1 Å². The molecule has 0 atom stereocenters. The fraction of sp³-hybridized carbons (Fsp3) is 0.222. The van der Waals surface area contributed by atoms with Crippen molar-refractivity contribution in [1.82, 2.24) is 19.5 Å². The van der Waals surface area contributed by atoms with Crippen molar-refractivity contribution in [2.45, 2.75) is 19.3 Å². The first-order chi connectivity index (χ1) is 17.0. The Hall–Kier alpha value is -3.23. The Morgan fingerprint density at radius 1 is 1.23 bits per heavy atom. The van der Waals surface area contributed by atoms with Crippen molar-refractivity contribution >= 4 is 50.5 Å². The lowest BCUT2D eigenvalue weighted by Gasteiger charge is -2.31. The van der Waals surface area contributed by atoms with Crippen LogP contribution in [0.15, 0.2) is 71.2 Å². The van der Waals surface area contributed by atoms with Crippen LogP contribution in [0.5, 0.6) is 5.75 Å². The van der Waals surface area contributed by atoms with Crippen LogP contribution in [-0.2, 0) is 4.79 Å². The van der Waals surface area contributed by atoms with Gasteiger partial charge < -0.3 is 10.0 Å². The molecule has 4 heterocycles. The molecule has 0 spiro atoms. The highest BCUT2D eigenvalue weighted by atomic mass is 79.9. The van der Waals surface area contributed by atoms with Crippen LogP contribution in [-0.4, -0.2) is 43.6 Å². The number of piperidine rings is 1. The standard InChI is InChI=1S/C27H25BrN4O2S/c1-18(15-19-10-12-31(13-11-19)26(34)9-8-20-5-4-14-35-20)24-16-23(21-6-2-3-7-25(21)33)30-27-22(28)17-29-32(24)27/h2-9,14,16-17,19,33H,1,10-13,15H2/b9-8+. The Kier molecular flexibility index (Phi) is 6.83. The highest BCUT2D eigenvalue weighted by Gasteiger charge is 2.24. The first kappa shape index (κ1) is 23.5. The number of fused-ring (bicyclic) bond motifs is 1. The zero-order valence-corrected chi connectivity index (χ0v) is 21.5. The van der Waals surface area contributed by atoms with Crippen molar-refractivity contribution in [3.8, 4) is 17.0 Å². The molecule has 3 aromatic heterocycles. The molecule has 6 nitrogen and oxygen atoms in total. The predicted octanol–water partition coefficient (Wildman–Crippen LogP) is 6.28. The number of amides is 1. The van der Waals surface area contributed by atoms with Gasteiger partial charge in [-0.25, -0.2) is 9.50 Å². The van der Waals surface area contributed by atoms with E-state index in [9.17, 15) is 9.90 Å². The second-order valence-electron chi connectivity index (χ2n) is 8.70. The van der Waals surface area contributed by atoms with Gasteiger partial charge in [0.1, 0.15) is 5.75 Å². The highest BCUT2D eigenvalue weighted by Crippen LogP contribution is 2.34. The van der Waals surface area contributed by atoms with Crippen LogP contribution < -0.4 is 0 Å². The number of phenolic OH excluding ortho intramolecular Hbond substituents is 1. The summed E-state index contributed by atoms with van der Waals surface area (Å²) in [4.78, 5) is 20.3. The fourth-order valence-electron chi connectivity index (χ4n) is 4.47. The highest BCUT2D eigenvalue weighted by molar-refractivity contribution is 9.10. The average Bonchev–Trinajstić information content (AvgIpc) is 3.53. The monoisotopic (exact) mass is 548 g/mol. The van der Waals surface area contributed by atoms with Crippen molar-refractivity contribution in [3.63, 3.8) is 0 Å². The maximum Gasteiger partial charge on any atom is 0.246 e. The molecule has 5 rings (SSSR count). The first-order valence-electron chi connectivity index (χ1n) is 11.5. The van der Waals surface area contributed by atoms with Crippen molar-refractivity contribution in [1.29, 1.82) is 0 Å². The van der Waals surface area contributed by atoms with Crippen LogP contribution in [0.4, 0.5) is 0 Å². The van der Waals surface area contributed by atoms with E-state index in [1.807, 2.05) is 46.7 Å². The second-order valence-corrected chi connectivity index (χ2v) is 10.5. The molecule has 1 aliphatic rings. The van der Waals surface area contributed by atoms with E-state index in [0.29, 0.717) is 22.8 Å². The number of halogens is 1. The lowest BCUT2D eigenvalue weighted by Crippen LogP contribution is -2.37. The Bertz CT molecular complexity index is 1400. The van der Waals surface area contributed by atoms with Gasteiger partial charge in [-0.15, -0.1) is 11.3 Å². The molecule has 8 heteroatoms. The third-order valence-corrected chi connectivity index (χ3v) is 7.76. The number of hydrogen-bond donors (Lipinski definition) is 1. The summed E-state index contributed by atoms with van der Waals surface area (Å²) in [5.74, 6) is 0.686. The zero-order valence-electron chi connectivity index (χ0n) is 19.1.